The SMILES string of the molecule is CC(C)CC(=O)N1CCC(Nc2ccc(Cl)cc2[N+](=O)[O-])CC1. The van der Waals surface area contributed by atoms with E-state index in [0.29, 0.717) is 36.1 Å². The van der Waals surface area contributed by atoms with Gasteiger partial charge in [-0.15, -0.1) is 0 Å². The Labute approximate surface area is 141 Å². The van der Waals surface area contributed by atoms with Crippen LogP contribution in [0.15, 0.2) is 18.2 Å². The lowest BCUT2D eigenvalue weighted by molar-refractivity contribution is -0.384. The number of carbonyl (C=O) groups is 1. The van der Waals surface area contributed by atoms with Gasteiger partial charge in [-0.1, -0.05) is 25.4 Å². The maximum absolute atomic E-state index is 12.1. The zero-order chi connectivity index (χ0) is 17.0. The first kappa shape index (κ1) is 17.5. The summed E-state index contributed by atoms with van der Waals surface area (Å²) >= 11 is 5.82. The summed E-state index contributed by atoms with van der Waals surface area (Å²) in [5.41, 5.74) is 0.460. The average molecular weight is 340 g/mol. The Morgan fingerprint density at radius 1 is 1.43 bits per heavy atom. The van der Waals surface area contributed by atoms with E-state index in [9.17, 15) is 14.9 Å². The molecule has 0 spiro atoms. The molecule has 1 aromatic rings. The first-order valence-electron chi connectivity index (χ1n) is 7.85. The van der Waals surface area contributed by atoms with Crippen LogP contribution in [0.3, 0.4) is 0 Å². The number of piperidine rings is 1. The van der Waals surface area contributed by atoms with Gasteiger partial charge >= 0.3 is 0 Å². The zero-order valence-electron chi connectivity index (χ0n) is 13.4. The molecule has 1 saturated heterocycles. The third kappa shape index (κ3) is 4.82. The Bertz CT molecular complexity index is 584. The summed E-state index contributed by atoms with van der Waals surface area (Å²) in [5, 5.41) is 14.7. The molecule has 0 atom stereocenters. The van der Waals surface area contributed by atoms with E-state index in [1.165, 1.54) is 6.07 Å². The number of nitro benzene ring substituents is 1. The van der Waals surface area contributed by atoms with Gasteiger partial charge in [0, 0.05) is 36.6 Å². The molecule has 0 unspecified atom stereocenters. The summed E-state index contributed by atoms with van der Waals surface area (Å²) in [4.78, 5) is 24.6. The number of likely N-dealkylation sites (tertiary alicyclic amines) is 1. The van der Waals surface area contributed by atoms with Gasteiger partial charge in [-0.2, -0.15) is 0 Å². The number of hydrogen-bond donors (Lipinski definition) is 1. The van der Waals surface area contributed by atoms with Crippen LogP contribution in [0.25, 0.3) is 0 Å². The molecule has 1 N–H and O–H groups in total. The molecular weight excluding hydrogens is 318 g/mol. The van der Waals surface area contributed by atoms with Crippen LogP contribution in [0.4, 0.5) is 11.4 Å². The minimum atomic E-state index is -0.435. The Morgan fingerprint density at radius 3 is 2.65 bits per heavy atom. The summed E-state index contributed by atoms with van der Waals surface area (Å²) < 4.78 is 0. The number of hydrogen-bond acceptors (Lipinski definition) is 4. The smallest absolute Gasteiger partial charge is 0.293 e. The largest absolute Gasteiger partial charge is 0.377 e. The zero-order valence-corrected chi connectivity index (χ0v) is 14.2. The molecule has 0 aliphatic carbocycles. The molecule has 1 heterocycles. The van der Waals surface area contributed by atoms with Gasteiger partial charge in [0.1, 0.15) is 5.69 Å². The van der Waals surface area contributed by atoms with E-state index in [1.807, 2.05) is 18.7 Å². The molecule has 0 radical (unpaired) electrons. The predicted octanol–water partition coefficient (Wildman–Crippen LogP) is 3.70. The van der Waals surface area contributed by atoms with Crippen molar-refractivity contribution in [1.29, 1.82) is 0 Å². The highest BCUT2D eigenvalue weighted by Crippen LogP contribution is 2.29. The Balaban J connectivity index is 1.94. The molecule has 2 rings (SSSR count). The van der Waals surface area contributed by atoms with Gasteiger partial charge in [-0.3, -0.25) is 14.9 Å². The fourth-order valence-corrected chi connectivity index (χ4v) is 2.92. The van der Waals surface area contributed by atoms with E-state index in [1.54, 1.807) is 12.1 Å². The molecule has 7 heteroatoms. The Morgan fingerprint density at radius 2 is 2.09 bits per heavy atom. The minimum absolute atomic E-state index is 0.0178. The maximum atomic E-state index is 12.1. The average Bonchev–Trinajstić information content (AvgIpc) is 2.49. The standard InChI is InChI=1S/C16H22ClN3O3/c1-11(2)9-16(21)19-7-5-13(6-8-19)18-14-4-3-12(17)10-15(14)20(22)23/h3-4,10-11,13,18H,5-9H2,1-2H3. The third-order valence-electron chi connectivity index (χ3n) is 3.95. The fraction of sp³-hybridized carbons (Fsp3) is 0.562. The van der Waals surface area contributed by atoms with Crippen molar-refractivity contribution in [2.75, 3.05) is 18.4 Å². The highest BCUT2D eigenvalue weighted by atomic mass is 35.5. The molecule has 0 aromatic heterocycles. The van der Waals surface area contributed by atoms with Gasteiger partial charge in [0.25, 0.3) is 5.69 Å². The Hall–Kier alpha value is -1.82. The summed E-state index contributed by atoms with van der Waals surface area (Å²) in [6, 6.07) is 4.75. The minimum Gasteiger partial charge on any atom is -0.377 e. The molecule has 1 aliphatic heterocycles. The van der Waals surface area contributed by atoms with E-state index in [4.69, 9.17) is 11.6 Å². The van der Waals surface area contributed by atoms with Crippen molar-refractivity contribution in [3.63, 3.8) is 0 Å². The monoisotopic (exact) mass is 339 g/mol. The highest BCUT2D eigenvalue weighted by Gasteiger charge is 2.25. The van der Waals surface area contributed by atoms with E-state index in [2.05, 4.69) is 5.32 Å². The number of nitrogens with one attached hydrogen (secondary N) is 1. The quantitative estimate of drug-likeness (QED) is 0.655. The van der Waals surface area contributed by atoms with Gasteiger partial charge in [0.15, 0.2) is 0 Å². The van der Waals surface area contributed by atoms with Crippen LogP contribution >= 0.6 is 11.6 Å². The molecule has 6 nitrogen and oxygen atoms in total. The van der Waals surface area contributed by atoms with Crippen molar-refractivity contribution in [1.82, 2.24) is 4.90 Å². The second-order valence-corrected chi connectivity index (χ2v) is 6.75. The second-order valence-electron chi connectivity index (χ2n) is 6.32. The molecule has 1 fully saturated rings. The van der Waals surface area contributed by atoms with Crippen LogP contribution < -0.4 is 5.32 Å². The normalized spacial score (nSPS) is 15.7. The van der Waals surface area contributed by atoms with Gasteiger partial charge in [-0.05, 0) is 30.9 Å². The van der Waals surface area contributed by atoms with E-state index >= 15 is 0 Å². The number of benzene rings is 1. The van der Waals surface area contributed by atoms with Crippen LogP contribution in [-0.2, 0) is 4.79 Å². The van der Waals surface area contributed by atoms with Crippen molar-refractivity contribution in [2.45, 2.75) is 39.2 Å². The lowest BCUT2D eigenvalue weighted by Crippen LogP contribution is -2.42. The van der Waals surface area contributed by atoms with Crippen molar-refractivity contribution >= 4 is 28.9 Å². The number of carbonyl (C=O) groups excluding carboxylic acids is 1. The van der Waals surface area contributed by atoms with Crippen molar-refractivity contribution < 1.29 is 9.72 Å². The highest BCUT2D eigenvalue weighted by molar-refractivity contribution is 6.30. The molecule has 126 valence electrons. The number of halogens is 1. The van der Waals surface area contributed by atoms with Crippen molar-refractivity contribution in [2.24, 2.45) is 5.92 Å². The van der Waals surface area contributed by atoms with Crippen molar-refractivity contribution in [3.05, 3.63) is 33.3 Å². The molecule has 1 amide bonds. The van der Waals surface area contributed by atoms with Gasteiger partial charge in [0.05, 0.1) is 4.92 Å². The van der Waals surface area contributed by atoms with Crippen LogP contribution in [0.1, 0.15) is 33.1 Å². The summed E-state index contributed by atoms with van der Waals surface area (Å²) in [7, 11) is 0. The van der Waals surface area contributed by atoms with E-state index in [0.717, 1.165) is 12.8 Å². The topological polar surface area (TPSA) is 75.5 Å². The molecule has 0 saturated carbocycles. The lowest BCUT2D eigenvalue weighted by Gasteiger charge is -2.33. The number of nitro groups is 1. The Kier molecular flexibility index (Phi) is 5.82. The van der Waals surface area contributed by atoms with Crippen molar-refractivity contribution in [3.8, 4) is 0 Å². The molecule has 1 aliphatic rings. The predicted molar refractivity (Wildman–Crippen MR) is 90.8 cm³/mol. The fourth-order valence-electron chi connectivity index (χ4n) is 2.75. The van der Waals surface area contributed by atoms with Gasteiger partial charge in [-0.25, -0.2) is 0 Å². The first-order valence-corrected chi connectivity index (χ1v) is 8.23. The summed E-state index contributed by atoms with van der Waals surface area (Å²) in [6.07, 6.45) is 2.13. The molecule has 23 heavy (non-hydrogen) atoms. The second kappa shape index (κ2) is 7.64. The molecule has 1 aromatic carbocycles. The van der Waals surface area contributed by atoms with E-state index < -0.39 is 4.92 Å². The molecule has 0 bridgehead atoms. The summed E-state index contributed by atoms with van der Waals surface area (Å²) in [6.45, 7) is 5.44. The number of rotatable bonds is 5. The lowest BCUT2D eigenvalue weighted by atomic mass is 10.0. The van der Waals surface area contributed by atoms with Crippen LogP contribution in [0, 0.1) is 16.0 Å². The first-order chi connectivity index (χ1) is 10.9. The summed E-state index contributed by atoms with van der Waals surface area (Å²) in [5.74, 6) is 0.547. The van der Waals surface area contributed by atoms with Crippen LogP contribution in [0.2, 0.25) is 5.02 Å². The van der Waals surface area contributed by atoms with E-state index in [-0.39, 0.29) is 17.6 Å². The number of amides is 1. The number of nitrogens with zero attached hydrogens (tertiary/aromatic N) is 2. The molecular formula is C16H22ClN3O3. The van der Waals surface area contributed by atoms with Gasteiger partial charge in [0.2, 0.25) is 5.91 Å². The number of anilines is 1. The van der Waals surface area contributed by atoms with Crippen LogP contribution in [-0.4, -0.2) is 34.9 Å². The van der Waals surface area contributed by atoms with Crippen LogP contribution in [0.5, 0.6) is 0 Å². The van der Waals surface area contributed by atoms with Gasteiger partial charge < -0.3 is 10.2 Å². The maximum Gasteiger partial charge on any atom is 0.293 e. The third-order valence-corrected chi connectivity index (χ3v) is 4.18.